The Morgan fingerprint density at radius 1 is 1.21 bits per heavy atom. The molecule has 1 atom stereocenters. The fraction of sp³-hybridized carbons (Fsp3) is 0.500. The third-order valence-electron chi connectivity index (χ3n) is 5.68. The second-order valence-corrected chi connectivity index (χ2v) is 9.60. The molecule has 1 aliphatic heterocycles. The van der Waals surface area contributed by atoms with Gasteiger partial charge in [0.05, 0.1) is 23.8 Å². The molecule has 1 aromatic carbocycles. The van der Waals surface area contributed by atoms with Crippen LogP contribution in [0.2, 0.25) is 0 Å². The van der Waals surface area contributed by atoms with Crippen molar-refractivity contribution in [3.05, 3.63) is 46.8 Å². The number of piperidine rings is 1. The van der Waals surface area contributed by atoms with Crippen LogP contribution < -0.4 is 4.72 Å². The van der Waals surface area contributed by atoms with Gasteiger partial charge in [-0.3, -0.25) is 14.6 Å². The van der Waals surface area contributed by atoms with E-state index in [2.05, 4.69) is 27.1 Å². The normalized spacial score (nSPS) is 19.9. The van der Waals surface area contributed by atoms with Crippen molar-refractivity contribution in [3.63, 3.8) is 0 Å². The molecule has 0 unspecified atom stereocenters. The summed E-state index contributed by atoms with van der Waals surface area (Å²) in [7, 11) is -3.38. The zero-order valence-electron chi connectivity index (χ0n) is 16.1. The largest absolute Gasteiger partial charge is 0.338 e. The van der Waals surface area contributed by atoms with Gasteiger partial charge in [0.15, 0.2) is 0 Å². The molecular weight excluding hydrogens is 376 g/mol. The predicted octanol–water partition coefficient (Wildman–Crippen LogP) is 2.68. The Labute approximate surface area is 165 Å². The van der Waals surface area contributed by atoms with Crippen LogP contribution in [0.1, 0.15) is 58.8 Å². The number of hydrogen-bond donors (Lipinski definition) is 2. The minimum absolute atomic E-state index is 0.0297. The molecule has 150 valence electrons. The molecule has 0 radical (unpaired) electrons. The van der Waals surface area contributed by atoms with Crippen LogP contribution in [0.15, 0.2) is 24.4 Å². The summed E-state index contributed by atoms with van der Waals surface area (Å²) in [5.74, 6) is 0.0808. The SMILES string of the molecule is CS(=O)(=O)Nc1cn[nH]c1[C@H]1CCCN(C(=O)c2ccc3c(c2)CCCC3)C1. The van der Waals surface area contributed by atoms with Crippen molar-refractivity contribution in [1.29, 1.82) is 0 Å². The first-order valence-electron chi connectivity index (χ1n) is 9.83. The number of hydrogen-bond acceptors (Lipinski definition) is 4. The Kier molecular flexibility index (Phi) is 5.14. The van der Waals surface area contributed by atoms with Gasteiger partial charge in [-0.15, -0.1) is 0 Å². The van der Waals surface area contributed by atoms with E-state index in [1.54, 1.807) is 0 Å². The van der Waals surface area contributed by atoms with Crippen LogP contribution in [0.25, 0.3) is 0 Å². The van der Waals surface area contributed by atoms with E-state index in [0.717, 1.165) is 49.7 Å². The average molecular weight is 403 g/mol. The number of aromatic amines is 1. The Morgan fingerprint density at radius 2 is 2.00 bits per heavy atom. The van der Waals surface area contributed by atoms with Crippen LogP contribution in [0.5, 0.6) is 0 Å². The number of carbonyl (C=O) groups is 1. The summed E-state index contributed by atoms with van der Waals surface area (Å²) < 4.78 is 25.7. The number of benzene rings is 1. The number of anilines is 1. The molecule has 2 aromatic rings. The summed E-state index contributed by atoms with van der Waals surface area (Å²) in [5.41, 5.74) is 4.64. The maximum atomic E-state index is 13.1. The zero-order valence-corrected chi connectivity index (χ0v) is 16.9. The molecule has 28 heavy (non-hydrogen) atoms. The fourth-order valence-corrected chi connectivity index (χ4v) is 4.90. The molecule has 1 saturated heterocycles. The lowest BCUT2D eigenvalue weighted by atomic mass is 9.89. The van der Waals surface area contributed by atoms with Gasteiger partial charge in [0.25, 0.3) is 5.91 Å². The van der Waals surface area contributed by atoms with Gasteiger partial charge >= 0.3 is 0 Å². The second-order valence-electron chi connectivity index (χ2n) is 7.85. The minimum Gasteiger partial charge on any atom is -0.338 e. The molecular formula is C20H26N4O3S. The van der Waals surface area contributed by atoms with Crippen molar-refractivity contribution < 1.29 is 13.2 Å². The first kappa shape index (κ1) is 19.0. The number of sulfonamides is 1. The Bertz CT molecular complexity index is 983. The van der Waals surface area contributed by atoms with E-state index in [-0.39, 0.29) is 11.8 Å². The number of aromatic nitrogens is 2. The monoisotopic (exact) mass is 402 g/mol. The Balaban J connectivity index is 1.51. The van der Waals surface area contributed by atoms with Crippen molar-refractivity contribution in [3.8, 4) is 0 Å². The van der Waals surface area contributed by atoms with Crippen LogP contribution in [0.3, 0.4) is 0 Å². The van der Waals surface area contributed by atoms with Gasteiger partial charge < -0.3 is 4.90 Å². The molecule has 2 N–H and O–H groups in total. The number of rotatable bonds is 4. The third kappa shape index (κ3) is 4.06. The molecule has 1 fully saturated rings. The van der Waals surface area contributed by atoms with Gasteiger partial charge in [-0.25, -0.2) is 8.42 Å². The summed E-state index contributed by atoms with van der Waals surface area (Å²) >= 11 is 0. The van der Waals surface area contributed by atoms with E-state index in [1.165, 1.54) is 30.2 Å². The first-order valence-corrected chi connectivity index (χ1v) is 11.7. The molecule has 2 heterocycles. The molecule has 0 spiro atoms. The molecule has 2 aliphatic rings. The Morgan fingerprint density at radius 3 is 2.79 bits per heavy atom. The summed E-state index contributed by atoms with van der Waals surface area (Å²) in [4.78, 5) is 15.0. The number of aryl methyl sites for hydroxylation is 2. The van der Waals surface area contributed by atoms with Gasteiger partial charge in [0.2, 0.25) is 10.0 Å². The number of nitrogens with one attached hydrogen (secondary N) is 2. The Hall–Kier alpha value is -2.35. The van der Waals surface area contributed by atoms with Crippen LogP contribution in [-0.4, -0.2) is 48.8 Å². The van der Waals surface area contributed by atoms with Gasteiger partial charge in [-0.1, -0.05) is 6.07 Å². The highest BCUT2D eigenvalue weighted by Crippen LogP contribution is 2.31. The highest BCUT2D eigenvalue weighted by Gasteiger charge is 2.29. The quantitative estimate of drug-likeness (QED) is 0.822. The maximum Gasteiger partial charge on any atom is 0.253 e. The van der Waals surface area contributed by atoms with Crippen molar-refractivity contribution in [2.45, 2.75) is 44.4 Å². The topological polar surface area (TPSA) is 95.2 Å². The minimum atomic E-state index is -3.38. The van der Waals surface area contributed by atoms with Crippen molar-refractivity contribution in [1.82, 2.24) is 15.1 Å². The van der Waals surface area contributed by atoms with E-state index in [9.17, 15) is 13.2 Å². The van der Waals surface area contributed by atoms with Crippen LogP contribution in [-0.2, 0) is 22.9 Å². The van der Waals surface area contributed by atoms with E-state index in [0.29, 0.717) is 12.2 Å². The lowest BCUT2D eigenvalue weighted by Crippen LogP contribution is -2.39. The molecule has 0 saturated carbocycles. The van der Waals surface area contributed by atoms with Crippen LogP contribution >= 0.6 is 0 Å². The molecule has 1 aliphatic carbocycles. The molecule has 1 amide bonds. The van der Waals surface area contributed by atoms with Crippen LogP contribution in [0, 0.1) is 0 Å². The number of amides is 1. The smallest absolute Gasteiger partial charge is 0.253 e. The summed E-state index contributed by atoms with van der Waals surface area (Å²) in [6, 6.07) is 6.11. The van der Waals surface area contributed by atoms with E-state index >= 15 is 0 Å². The highest BCUT2D eigenvalue weighted by molar-refractivity contribution is 7.92. The number of fused-ring (bicyclic) bond motifs is 1. The number of likely N-dealkylation sites (tertiary alicyclic amines) is 1. The molecule has 8 heteroatoms. The molecule has 0 bridgehead atoms. The van der Waals surface area contributed by atoms with Gasteiger partial charge in [-0.05, 0) is 61.8 Å². The van der Waals surface area contributed by atoms with E-state index < -0.39 is 10.0 Å². The van der Waals surface area contributed by atoms with Gasteiger partial charge in [-0.2, -0.15) is 5.10 Å². The summed E-state index contributed by atoms with van der Waals surface area (Å²) in [6.45, 7) is 1.27. The van der Waals surface area contributed by atoms with E-state index in [4.69, 9.17) is 0 Å². The highest BCUT2D eigenvalue weighted by atomic mass is 32.2. The van der Waals surface area contributed by atoms with Crippen molar-refractivity contribution in [2.75, 3.05) is 24.1 Å². The molecule has 4 rings (SSSR count). The van der Waals surface area contributed by atoms with E-state index in [1.807, 2.05) is 11.0 Å². The van der Waals surface area contributed by atoms with Crippen molar-refractivity contribution in [2.24, 2.45) is 0 Å². The van der Waals surface area contributed by atoms with Crippen molar-refractivity contribution >= 4 is 21.6 Å². The lowest BCUT2D eigenvalue weighted by Gasteiger charge is -2.33. The molecule has 1 aromatic heterocycles. The predicted molar refractivity (Wildman–Crippen MR) is 108 cm³/mol. The van der Waals surface area contributed by atoms with Gasteiger partial charge in [0, 0.05) is 24.6 Å². The maximum absolute atomic E-state index is 13.1. The number of nitrogens with zero attached hydrogens (tertiary/aromatic N) is 2. The number of H-pyrrole nitrogens is 1. The number of carbonyl (C=O) groups excluding carboxylic acids is 1. The first-order chi connectivity index (χ1) is 13.4. The standard InChI is InChI=1S/C20H26N4O3S/c1-28(26,27)23-18-12-21-22-19(18)17-7-4-10-24(13-17)20(25)16-9-8-14-5-2-3-6-15(14)11-16/h8-9,11-12,17,23H,2-7,10,13H2,1H3,(H,21,22)/t17-/m0/s1. The average Bonchev–Trinajstić information content (AvgIpc) is 3.13. The molecule has 7 nitrogen and oxygen atoms in total. The zero-order chi connectivity index (χ0) is 19.7. The lowest BCUT2D eigenvalue weighted by molar-refractivity contribution is 0.0706. The fourth-order valence-electron chi connectivity index (χ4n) is 4.33. The second kappa shape index (κ2) is 7.58. The van der Waals surface area contributed by atoms with Crippen LogP contribution in [0.4, 0.5) is 5.69 Å². The summed E-state index contributed by atoms with van der Waals surface area (Å²) in [5, 5.41) is 6.93. The third-order valence-corrected chi connectivity index (χ3v) is 6.27. The summed E-state index contributed by atoms with van der Waals surface area (Å²) in [6.07, 6.45) is 8.93. The van der Waals surface area contributed by atoms with Gasteiger partial charge in [0.1, 0.15) is 0 Å².